The van der Waals surface area contributed by atoms with E-state index in [0.29, 0.717) is 12.5 Å². The summed E-state index contributed by atoms with van der Waals surface area (Å²) in [5.41, 5.74) is 5.62. The van der Waals surface area contributed by atoms with E-state index in [-0.39, 0.29) is 17.8 Å². The minimum absolute atomic E-state index is 0.118. The molecule has 1 aliphatic rings. The Kier molecular flexibility index (Phi) is 3.76. The Bertz CT molecular complexity index is 454. The van der Waals surface area contributed by atoms with Gasteiger partial charge in [-0.2, -0.15) is 0 Å². The summed E-state index contributed by atoms with van der Waals surface area (Å²) in [6.45, 7) is 0. The zero-order valence-electron chi connectivity index (χ0n) is 9.66. The Morgan fingerprint density at radius 2 is 2.17 bits per heavy atom. The lowest BCUT2D eigenvalue weighted by Crippen LogP contribution is -2.34. The van der Waals surface area contributed by atoms with Gasteiger partial charge in [0.1, 0.15) is 17.7 Å². The number of anilines is 1. The molecule has 0 spiro atoms. The quantitative estimate of drug-likeness (QED) is 0.854. The summed E-state index contributed by atoms with van der Waals surface area (Å²) in [4.78, 5) is 11.5. The van der Waals surface area contributed by atoms with Crippen LogP contribution in [0.3, 0.4) is 0 Å². The van der Waals surface area contributed by atoms with E-state index in [1.165, 1.54) is 0 Å². The van der Waals surface area contributed by atoms with Crippen LogP contribution in [0.4, 0.5) is 19.3 Å². The van der Waals surface area contributed by atoms with Crippen molar-refractivity contribution in [3.05, 3.63) is 29.8 Å². The molecule has 3 N–H and O–H groups in total. The third kappa shape index (κ3) is 2.95. The van der Waals surface area contributed by atoms with Crippen LogP contribution in [-0.2, 0) is 4.74 Å². The van der Waals surface area contributed by atoms with Crippen molar-refractivity contribution in [2.45, 2.75) is 31.4 Å². The smallest absolute Gasteiger partial charge is 0.412 e. The summed E-state index contributed by atoms with van der Waals surface area (Å²) >= 11 is 0. The Hall–Kier alpha value is -1.69. The van der Waals surface area contributed by atoms with Crippen molar-refractivity contribution in [3.63, 3.8) is 0 Å². The van der Waals surface area contributed by atoms with E-state index in [1.54, 1.807) is 0 Å². The molecular weight excluding hydrogens is 242 g/mol. The maximum Gasteiger partial charge on any atom is 0.412 e. The molecule has 18 heavy (non-hydrogen) atoms. The Morgan fingerprint density at radius 3 is 2.78 bits per heavy atom. The summed E-state index contributed by atoms with van der Waals surface area (Å²) in [7, 11) is 0. The third-order valence-corrected chi connectivity index (χ3v) is 2.93. The first kappa shape index (κ1) is 12.8. The number of carbonyl (C=O) groups is 1. The maximum absolute atomic E-state index is 13.3. The van der Waals surface area contributed by atoms with E-state index in [4.69, 9.17) is 10.5 Å². The van der Waals surface area contributed by atoms with Gasteiger partial charge in [0.2, 0.25) is 0 Å². The van der Waals surface area contributed by atoms with E-state index in [0.717, 1.165) is 25.0 Å². The van der Waals surface area contributed by atoms with Gasteiger partial charge in [0.05, 0.1) is 5.69 Å². The highest BCUT2D eigenvalue weighted by Gasteiger charge is 2.27. The molecule has 2 unspecified atom stereocenters. The standard InChI is InChI=1S/C12H14F2N2O2/c13-7-4-5-10(8(14)6-7)16-12(17)18-11-3-1-2-9(11)15/h4-6,9,11H,1-3,15H2,(H,16,17). The average Bonchev–Trinajstić information content (AvgIpc) is 2.69. The van der Waals surface area contributed by atoms with Crippen molar-refractivity contribution >= 4 is 11.8 Å². The van der Waals surface area contributed by atoms with Gasteiger partial charge in [-0.05, 0) is 31.4 Å². The number of hydrogen-bond donors (Lipinski definition) is 2. The van der Waals surface area contributed by atoms with E-state index in [2.05, 4.69) is 5.32 Å². The fraction of sp³-hybridized carbons (Fsp3) is 0.417. The molecular formula is C12H14F2N2O2. The van der Waals surface area contributed by atoms with E-state index < -0.39 is 17.7 Å². The van der Waals surface area contributed by atoms with Gasteiger partial charge in [-0.25, -0.2) is 13.6 Å². The number of amides is 1. The first-order chi connectivity index (χ1) is 8.56. The molecule has 1 fully saturated rings. The van der Waals surface area contributed by atoms with Crippen LogP contribution in [-0.4, -0.2) is 18.2 Å². The van der Waals surface area contributed by atoms with Crippen molar-refractivity contribution in [1.29, 1.82) is 0 Å². The lowest BCUT2D eigenvalue weighted by Gasteiger charge is -2.16. The Balaban J connectivity index is 1.94. The van der Waals surface area contributed by atoms with Gasteiger partial charge < -0.3 is 10.5 Å². The second-order valence-electron chi connectivity index (χ2n) is 4.29. The molecule has 2 rings (SSSR count). The number of rotatable bonds is 2. The number of carbonyl (C=O) groups excluding carboxylic acids is 1. The second kappa shape index (κ2) is 5.30. The number of nitrogens with one attached hydrogen (secondary N) is 1. The highest BCUT2D eigenvalue weighted by molar-refractivity contribution is 5.84. The molecule has 0 radical (unpaired) electrons. The number of benzene rings is 1. The molecule has 0 bridgehead atoms. The summed E-state index contributed by atoms with van der Waals surface area (Å²) in [5.74, 6) is -1.55. The SMILES string of the molecule is NC1CCCC1OC(=O)Nc1ccc(F)cc1F. The molecule has 4 nitrogen and oxygen atoms in total. The van der Waals surface area contributed by atoms with Crippen LogP contribution in [0.15, 0.2) is 18.2 Å². The Labute approximate surface area is 103 Å². The van der Waals surface area contributed by atoms with Gasteiger partial charge in [0.25, 0.3) is 0 Å². The van der Waals surface area contributed by atoms with Crippen LogP contribution in [0.2, 0.25) is 0 Å². The number of halogens is 2. The van der Waals surface area contributed by atoms with Gasteiger partial charge in [0.15, 0.2) is 0 Å². The van der Waals surface area contributed by atoms with Crippen LogP contribution in [0.1, 0.15) is 19.3 Å². The molecule has 1 aliphatic carbocycles. The predicted molar refractivity (Wildman–Crippen MR) is 62.1 cm³/mol. The van der Waals surface area contributed by atoms with Gasteiger partial charge >= 0.3 is 6.09 Å². The fourth-order valence-electron chi connectivity index (χ4n) is 1.97. The van der Waals surface area contributed by atoms with Crippen LogP contribution in [0, 0.1) is 11.6 Å². The molecule has 0 heterocycles. The summed E-state index contributed by atoms with van der Waals surface area (Å²) in [5, 5.41) is 2.23. The summed E-state index contributed by atoms with van der Waals surface area (Å²) < 4.78 is 31.0. The topological polar surface area (TPSA) is 64.3 Å². The van der Waals surface area contributed by atoms with Crippen LogP contribution >= 0.6 is 0 Å². The molecule has 6 heteroatoms. The molecule has 2 atom stereocenters. The molecule has 0 saturated heterocycles. The van der Waals surface area contributed by atoms with Gasteiger partial charge in [-0.1, -0.05) is 0 Å². The van der Waals surface area contributed by atoms with Crippen LogP contribution in [0.5, 0.6) is 0 Å². The summed E-state index contributed by atoms with van der Waals surface area (Å²) in [6, 6.07) is 2.71. The fourth-order valence-corrected chi connectivity index (χ4v) is 1.97. The molecule has 1 aromatic rings. The number of nitrogens with two attached hydrogens (primary N) is 1. The normalized spacial score (nSPS) is 22.8. The second-order valence-corrected chi connectivity index (χ2v) is 4.29. The molecule has 98 valence electrons. The predicted octanol–water partition coefficient (Wildman–Crippen LogP) is 2.39. The van der Waals surface area contributed by atoms with Crippen molar-refractivity contribution < 1.29 is 18.3 Å². The lowest BCUT2D eigenvalue weighted by molar-refractivity contribution is 0.105. The first-order valence-electron chi connectivity index (χ1n) is 5.74. The largest absolute Gasteiger partial charge is 0.444 e. The van der Waals surface area contributed by atoms with E-state index >= 15 is 0 Å². The van der Waals surface area contributed by atoms with Crippen molar-refractivity contribution in [2.75, 3.05) is 5.32 Å². The molecule has 1 aromatic carbocycles. The highest BCUT2D eigenvalue weighted by atomic mass is 19.1. The van der Waals surface area contributed by atoms with Crippen LogP contribution < -0.4 is 11.1 Å². The molecule has 0 aromatic heterocycles. The number of ether oxygens (including phenoxy) is 1. The van der Waals surface area contributed by atoms with Crippen molar-refractivity contribution in [3.8, 4) is 0 Å². The lowest BCUT2D eigenvalue weighted by atomic mass is 10.2. The minimum Gasteiger partial charge on any atom is -0.444 e. The van der Waals surface area contributed by atoms with Gasteiger partial charge in [-0.15, -0.1) is 0 Å². The summed E-state index contributed by atoms with van der Waals surface area (Å²) in [6.07, 6.45) is 1.31. The molecule has 0 aliphatic heterocycles. The number of hydrogen-bond acceptors (Lipinski definition) is 3. The monoisotopic (exact) mass is 256 g/mol. The van der Waals surface area contributed by atoms with E-state index in [1.807, 2.05) is 0 Å². The zero-order chi connectivity index (χ0) is 13.1. The molecule has 1 saturated carbocycles. The molecule has 1 amide bonds. The first-order valence-corrected chi connectivity index (χ1v) is 5.74. The minimum atomic E-state index is -0.845. The van der Waals surface area contributed by atoms with Crippen LogP contribution in [0.25, 0.3) is 0 Å². The van der Waals surface area contributed by atoms with E-state index in [9.17, 15) is 13.6 Å². The van der Waals surface area contributed by atoms with Gasteiger partial charge in [0, 0.05) is 12.1 Å². The highest BCUT2D eigenvalue weighted by Crippen LogP contribution is 2.21. The van der Waals surface area contributed by atoms with Crippen molar-refractivity contribution in [1.82, 2.24) is 0 Å². The van der Waals surface area contributed by atoms with Gasteiger partial charge in [-0.3, -0.25) is 5.32 Å². The average molecular weight is 256 g/mol. The zero-order valence-corrected chi connectivity index (χ0v) is 9.66. The Morgan fingerprint density at radius 1 is 1.39 bits per heavy atom. The maximum atomic E-state index is 13.3. The third-order valence-electron chi connectivity index (χ3n) is 2.93. The van der Waals surface area contributed by atoms with Crippen molar-refractivity contribution in [2.24, 2.45) is 5.73 Å².